The van der Waals surface area contributed by atoms with E-state index in [0.29, 0.717) is 5.75 Å². The molecule has 1 heteroatoms. The summed E-state index contributed by atoms with van der Waals surface area (Å²) < 4.78 is 0. The largest absolute Gasteiger partial charge is 0.508 e. The number of aryl methyl sites for hydroxylation is 1. The molecule has 0 aliphatic carbocycles. The Bertz CT molecular complexity index is 429. The Morgan fingerprint density at radius 3 is 2.00 bits per heavy atom. The summed E-state index contributed by atoms with van der Waals surface area (Å²) in [6, 6.07) is 15.6. The van der Waals surface area contributed by atoms with Crippen molar-refractivity contribution in [3.63, 3.8) is 0 Å². The molecule has 84 valence electrons. The molecule has 2 rings (SSSR count). The molecule has 0 radical (unpaired) electrons. The first kappa shape index (κ1) is 12.3. The fourth-order valence-corrected chi connectivity index (χ4v) is 1.48. The summed E-state index contributed by atoms with van der Waals surface area (Å²) in [5.41, 5.74) is 3.56. The van der Waals surface area contributed by atoms with Crippen LogP contribution in [0.3, 0.4) is 0 Å². The first-order valence-electron chi connectivity index (χ1n) is 5.62. The normalized spacial score (nSPS) is 9.19. The lowest BCUT2D eigenvalue weighted by Gasteiger charge is -2.02. The Labute approximate surface area is 97.4 Å². The molecular weight excluding hydrogens is 196 g/mol. The molecule has 0 amide bonds. The monoisotopic (exact) mass is 214 g/mol. The summed E-state index contributed by atoms with van der Waals surface area (Å²) in [7, 11) is 0. The lowest BCUT2D eigenvalue weighted by Crippen LogP contribution is -1.78. The first-order chi connectivity index (χ1) is 7.75. The highest BCUT2D eigenvalue weighted by Crippen LogP contribution is 2.22. The van der Waals surface area contributed by atoms with Gasteiger partial charge in [0.05, 0.1) is 0 Å². The van der Waals surface area contributed by atoms with Gasteiger partial charge in [-0.1, -0.05) is 55.8 Å². The molecule has 0 bridgehead atoms. The maximum atomic E-state index is 9.16. The topological polar surface area (TPSA) is 20.2 Å². The van der Waals surface area contributed by atoms with Crippen molar-refractivity contribution in [1.29, 1.82) is 0 Å². The molecule has 0 unspecified atom stereocenters. The minimum atomic E-state index is 0.307. The van der Waals surface area contributed by atoms with Gasteiger partial charge in [-0.2, -0.15) is 0 Å². The molecule has 0 heterocycles. The zero-order valence-corrected chi connectivity index (χ0v) is 10.1. The Balaban J connectivity index is 0.000000606. The van der Waals surface area contributed by atoms with Crippen LogP contribution in [-0.2, 0) is 0 Å². The second kappa shape index (κ2) is 5.96. The van der Waals surface area contributed by atoms with Gasteiger partial charge in [-0.15, -0.1) is 0 Å². The van der Waals surface area contributed by atoms with Crippen molar-refractivity contribution in [2.45, 2.75) is 20.8 Å². The van der Waals surface area contributed by atoms with Crippen molar-refractivity contribution < 1.29 is 5.11 Å². The van der Waals surface area contributed by atoms with Gasteiger partial charge in [-0.3, -0.25) is 0 Å². The number of aromatic hydroxyl groups is 1. The number of hydrogen-bond acceptors (Lipinski definition) is 1. The Morgan fingerprint density at radius 1 is 0.812 bits per heavy atom. The van der Waals surface area contributed by atoms with Crippen LogP contribution < -0.4 is 0 Å². The minimum Gasteiger partial charge on any atom is -0.508 e. The van der Waals surface area contributed by atoms with Gasteiger partial charge in [0, 0.05) is 0 Å². The minimum absolute atomic E-state index is 0.307. The van der Waals surface area contributed by atoms with Crippen molar-refractivity contribution in [1.82, 2.24) is 0 Å². The van der Waals surface area contributed by atoms with Crippen LogP contribution in [0.15, 0.2) is 48.5 Å². The summed E-state index contributed by atoms with van der Waals surface area (Å²) in [5, 5.41) is 9.16. The summed E-state index contributed by atoms with van der Waals surface area (Å²) in [4.78, 5) is 0. The molecule has 0 fully saturated rings. The summed E-state index contributed by atoms with van der Waals surface area (Å²) in [5.74, 6) is 0.307. The SMILES string of the molecule is CC.Cc1cccc(-c2ccc(O)cc2)c1. The Kier molecular flexibility index (Phi) is 4.59. The van der Waals surface area contributed by atoms with E-state index in [-0.39, 0.29) is 0 Å². The molecule has 0 aliphatic rings. The van der Waals surface area contributed by atoms with Gasteiger partial charge in [0.25, 0.3) is 0 Å². The van der Waals surface area contributed by atoms with E-state index in [2.05, 4.69) is 25.1 Å². The van der Waals surface area contributed by atoms with Crippen molar-refractivity contribution in [2.75, 3.05) is 0 Å². The zero-order chi connectivity index (χ0) is 12.0. The van der Waals surface area contributed by atoms with Gasteiger partial charge in [0.2, 0.25) is 0 Å². The molecule has 0 saturated heterocycles. The molecule has 1 N–H and O–H groups in total. The predicted octanol–water partition coefficient (Wildman–Crippen LogP) is 4.39. The third kappa shape index (κ3) is 3.13. The van der Waals surface area contributed by atoms with E-state index in [1.807, 2.05) is 32.0 Å². The van der Waals surface area contributed by atoms with Crippen LogP contribution in [0.25, 0.3) is 11.1 Å². The third-order valence-electron chi connectivity index (χ3n) is 2.22. The molecule has 1 nitrogen and oxygen atoms in total. The summed E-state index contributed by atoms with van der Waals surface area (Å²) in [6.45, 7) is 6.07. The number of hydrogen-bond donors (Lipinski definition) is 1. The molecular formula is C15H18O. The van der Waals surface area contributed by atoms with E-state index in [9.17, 15) is 0 Å². The van der Waals surface area contributed by atoms with E-state index in [1.165, 1.54) is 11.1 Å². The Morgan fingerprint density at radius 2 is 1.44 bits per heavy atom. The smallest absolute Gasteiger partial charge is 0.115 e. The first-order valence-corrected chi connectivity index (χ1v) is 5.62. The number of phenolic OH excluding ortho intramolecular Hbond substituents is 1. The summed E-state index contributed by atoms with van der Waals surface area (Å²) >= 11 is 0. The number of benzene rings is 2. The highest BCUT2D eigenvalue weighted by molar-refractivity contribution is 5.64. The van der Waals surface area contributed by atoms with Crippen LogP contribution in [0.2, 0.25) is 0 Å². The van der Waals surface area contributed by atoms with Crippen molar-refractivity contribution in [3.05, 3.63) is 54.1 Å². The third-order valence-corrected chi connectivity index (χ3v) is 2.22. The van der Waals surface area contributed by atoms with Gasteiger partial charge in [0.15, 0.2) is 0 Å². The van der Waals surface area contributed by atoms with Gasteiger partial charge >= 0.3 is 0 Å². The van der Waals surface area contributed by atoms with Gasteiger partial charge in [-0.25, -0.2) is 0 Å². The van der Waals surface area contributed by atoms with E-state index in [1.54, 1.807) is 12.1 Å². The molecule has 2 aromatic carbocycles. The van der Waals surface area contributed by atoms with Crippen LogP contribution in [0.5, 0.6) is 5.75 Å². The fourth-order valence-electron chi connectivity index (χ4n) is 1.48. The van der Waals surface area contributed by atoms with Crippen LogP contribution in [0, 0.1) is 6.92 Å². The van der Waals surface area contributed by atoms with Gasteiger partial charge in [0.1, 0.15) is 5.75 Å². The molecule has 0 spiro atoms. The fraction of sp³-hybridized carbons (Fsp3) is 0.200. The quantitative estimate of drug-likeness (QED) is 0.746. The Hall–Kier alpha value is -1.76. The van der Waals surface area contributed by atoms with Crippen molar-refractivity contribution in [2.24, 2.45) is 0 Å². The average Bonchev–Trinajstić information content (AvgIpc) is 2.32. The second-order valence-electron chi connectivity index (χ2n) is 3.42. The van der Waals surface area contributed by atoms with Crippen LogP contribution in [-0.4, -0.2) is 5.11 Å². The molecule has 0 aromatic heterocycles. The van der Waals surface area contributed by atoms with Crippen LogP contribution in [0.4, 0.5) is 0 Å². The average molecular weight is 214 g/mol. The predicted molar refractivity (Wildman–Crippen MR) is 69.6 cm³/mol. The highest BCUT2D eigenvalue weighted by Gasteiger charge is 1.96. The summed E-state index contributed by atoms with van der Waals surface area (Å²) in [6.07, 6.45) is 0. The number of phenols is 1. The maximum Gasteiger partial charge on any atom is 0.115 e. The highest BCUT2D eigenvalue weighted by atomic mass is 16.3. The molecule has 0 atom stereocenters. The van der Waals surface area contributed by atoms with E-state index in [0.717, 1.165) is 5.56 Å². The van der Waals surface area contributed by atoms with Crippen molar-refractivity contribution >= 4 is 0 Å². The lowest BCUT2D eigenvalue weighted by atomic mass is 10.0. The van der Waals surface area contributed by atoms with E-state index >= 15 is 0 Å². The van der Waals surface area contributed by atoms with Gasteiger partial charge in [-0.05, 0) is 30.2 Å². The van der Waals surface area contributed by atoms with E-state index < -0.39 is 0 Å². The van der Waals surface area contributed by atoms with Crippen LogP contribution in [0.1, 0.15) is 19.4 Å². The maximum absolute atomic E-state index is 9.16. The lowest BCUT2D eigenvalue weighted by molar-refractivity contribution is 0.475. The number of rotatable bonds is 1. The van der Waals surface area contributed by atoms with Crippen LogP contribution >= 0.6 is 0 Å². The zero-order valence-electron chi connectivity index (χ0n) is 10.1. The second-order valence-corrected chi connectivity index (χ2v) is 3.42. The molecule has 0 aliphatic heterocycles. The van der Waals surface area contributed by atoms with E-state index in [4.69, 9.17) is 5.11 Å². The molecule has 2 aromatic rings. The molecule has 0 saturated carbocycles. The standard InChI is InChI=1S/C13H12O.C2H6/c1-10-3-2-4-12(9-10)11-5-7-13(14)8-6-11;1-2/h2-9,14H,1H3;1-2H3. The molecule has 16 heavy (non-hydrogen) atoms. The van der Waals surface area contributed by atoms with Gasteiger partial charge < -0.3 is 5.11 Å². The van der Waals surface area contributed by atoms with Crippen molar-refractivity contribution in [3.8, 4) is 16.9 Å².